The first-order valence-electron chi connectivity index (χ1n) is 8.33. The quantitative estimate of drug-likeness (QED) is 0.908. The van der Waals surface area contributed by atoms with E-state index in [0.29, 0.717) is 0 Å². The molecule has 0 aliphatic carbocycles. The van der Waals surface area contributed by atoms with Gasteiger partial charge in [0.15, 0.2) is 0 Å². The highest BCUT2D eigenvalue weighted by Gasteiger charge is 2.20. The molecule has 122 valence electrons. The van der Waals surface area contributed by atoms with Crippen molar-refractivity contribution in [3.8, 4) is 0 Å². The highest BCUT2D eigenvalue weighted by molar-refractivity contribution is 7.10. The molecule has 0 bridgehead atoms. The van der Waals surface area contributed by atoms with Gasteiger partial charge in [-0.05, 0) is 62.4 Å². The van der Waals surface area contributed by atoms with Crippen LogP contribution < -0.4 is 5.32 Å². The van der Waals surface area contributed by atoms with Gasteiger partial charge in [0, 0.05) is 23.5 Å². The van der Waals surface area contributed by atoms with Gasteiger partial charge in [-0.3, -0.25) is 4.79 Å². The van der Waals surface area contributed by atoms with E-state index in [0.717, 1.165) is 43.2 Å². The maximum Gasteiger partial charge on any atom is 0.251 e. The predicted molar refractivity (Wildman–Crippen MR) is 96.2 cm³/mol. The number of hydrogen-bond donors (Lipinski definition) is 1. The fourth-order valence-corrected chi connectivity index (χ4v) is 4.08. The van der Waals surface area contributed by atoms with E-state index in [1.54, 1.807) is 0 Å². The fourth-order valence-electron chi connectivity index (χ4n) is 3.18. The van der Waals surface area contributed by atoms with Crippen LogP contribution in [0.1, 0.15) is 39.6 Å². The second-order valence-corrected chi connectivity index (χ2v) is 7.24. The lowest BCUT2D eigenvalue weighted by molar-refractivity contribution is 0.0945. The van der Waals surface area contributed by atoms with Crippen LogP contribution in [-0.2, 0) is 0 Å². The molecule has 1 aliphatic heterocycles. The van der Waals surface area contributed by atoms with Gasteiger partial charge in [0.05, 0.1) is 0 Å². The Kier molecular flexibility index (Phi) is 5.47. The number of benzene rings is 1. The number of aryl methyl sites for hydroxylation is 1. The smallest absolute Gasteiger partial charge is 0.251 e. The Bertz CT molecular complexity index is 631. The zero-order valence-electron chi connectivity index (χ0n) is 13.6. The minimum Gasteiger partial charge on any atom is -0.351 e. The second-order valence-electron chi connectivity index (χ2n) is 6.26. The van der Waals surface area contributed by atoms with Crippen LogP contribution in [0.5, 0.6) is 0 Å². The maximum absolute atomic E-state index is 12.1. The van der Waals surface area contributed by atoms with Crippen LogP contribution in [0.2, 0.25) is 0 Å². The Balaban J connectivity index is 1.39. The van der Waals surface area contributed by atoms with E-state index < -0.39 is 0 Å². The number of carbonyl (C=O) groups excluding carboxylic acids is 1. The minimum atomic E-state index is 0.0298. The van der Waals surface area contributed by atoms with E-state index in [2.05, 4.69) is 27.7 Å². The first-order valence-corrected chi connectivity index (χ1v) is 9.21. The number of rotatable bonds is 5. The number of thiophene rings is 1. The molecule has 2 heterocycles. The van der Waals surface area contributed by atoms with Crippen molar-refractivity contribution in [1.29, 1.82) is 0 Å². The molecule has 2 aromatic rings. The Morgan fingerprint density at radius 2 is 2.09 bits per heavy atom. The van der Waals surface area contributed by atoms with Crippen molar-refractivity contribution in [2.45, 2.75) is 25.7 Å². The monoisotopic (exact) mass is 328 g/mol. The molecule has 0 atom stereocenters. The SMILES string of the molecule is Cc1cccc(C(=O)NCCN2CCC(c3cccs3)CC2)c1. The number of amides is 1. The summed E-state index contributed by atoms with van der Waals surface area (Å²) < 4.78 is 0. The van der Waals surface area contributed by atoms with Crippen LogP contribution in [0.15, 0.2) is 41.8 Å². The second kappa shape index (κ2) is 7.75. The van der Waals surface area contributed by atoms with Crippen molar-refractivity contribution in [1.82, 2.24) is 10.2 Å². The van der Waals surface area contributed by atoms with Crippen LogP contribution in [-0.4, -0.2) is 37.0 Å². The van der Waals surface area contributed by atoms with Crippen LogP contribution in [0.25, 0.3) is 0 Å². The molecular weight excluding hydrogens is 304 g/mol. The zero-order chi connectivity index (χ0) is 16.1. The molecule has 1 fully saturated rings. The van der Waals surface area contributed by atoms with E-state index in [1.165, 1.54) is 17.7 Å². The third-order valence-electron chi connectivity index (χ3n) is 4.53. The number of nitrogens with one attached hydrogen (secondary N) is 1. The standard InChI is InChI=1S/C19H24N2OS/c1-15-4-2-5-17(14-15)19(22)20-9-12-21-10-7-16(8-11-21)18-6-3-13-23-18/h2-6,13-14,16H,7-12H2,1H3,(H,20,22). The molecule has 0 unspecified atom stereocenters. The lowest BCUT2D eigenvalue weighted by Crippen LogP contribution is -2.39. The van der Waals surface area contributed by atoms with Gasteiger partial charge in [0.25, 0.3) is 5.91 Å². The van der Waals surface area contributed by atoms with Gasteiger partial charge < -0.3 is 10.2 Å². The molecule has 0 radical (unpaired) electrons. The van der Waals surface area contributed by atoms with Gasteiger partial charge in [0.1, 0.15) is 0 Å². The molecular formula is C19H24N2OS. The Morgan fingerprint density at radius 3 is 2.78 bits per heavy atom. The summed E-state index contributed by atoms with van der Waals surface area (Å²) >= 11 is 1.88. The summed E-state index contributed by atoms with van der Waals surface area (Å²) in [6.07, 6.45) is 2.46. The molecule has 1 aromatic carbocycles. The number of hydrogen-bond acceptors (Lipinski definition) is 3. The van der Waals surface area contributed by atoms with Crippen molar-refractivity contribution in [3.05, 3.63) is 57.8 Å². The van der Waals surface area contributed by atoms with Crippen LogP contribution in [0.3, 0.4) is 0 Å². The summed E-state index contributed by atoms with van der Waals surface area (Å²) in [7, 11) is 0. The van der Waals surface area contributed by atoms with Crippen molar-refractivity contribution in [3.63, 3.8) is 0 Å². The van der Waals surface area contributed by atoms with E-state index in [9.17, 15) is 4.79 Å². The Morgan fingerprint density at radius 1 is 1.26 bits per heavy atom. The number of likely N-dealkylation sites (tertiary alicyclic amines) is 1. The van der Waals surface area contributed by atoms with Gasteiger partial charge in [-0.2, -0.15) is 0 Å². The summed E-state index contributed by atoms with van der Waals surface area (Å²) in [5.74, 6) is 0.760. The van der Waals surface area contributed by atoms with E-state index >= 15 is 0 Å². The van der Waals surface area contributed by atoms with Gasteiger partial charge in [0.2, 0.25) is 0 Å². The highest BCUT2D eigenvalue weighted by Crippen LogP contribution is 2.30. The van der Waals surface area contributed by atoms with E-state index in [4.69, 9.17) is 0 Å². The van der Waals surface area contributed by atoms with Crippen LogP contribution in [0, 0.1) is 6.92 Å². The zero-order valence-corrected chi connectivity index (χ0v) is 14.4. The third-order valence-corrected chi connectivity index (χ3v) is 5.56. The molecule has 1 saturated heterocycles. The molecule has 3 rings (SSSR count). The third kappa shape index (κ3) is 4.43. The molecule has 23 heavy (non-hydrogen) atoms. The summed E-state index contributed by atoms with van der Waals surface area (Å²) in [4.78, 5) is 16.1. The van der Waals surface area contributed by atoms with Crippen molar-refractivity contribution < 1.29 is 4.79 Å². The van der Waals surface area contributed by atoms with Crippen LogP contribution in [0.4, 0.5) is 0 Å². The van der Waals surface area contributed by atoms with Crippen molar-refractivity contribution in [2.24, 2.45) is 0 Å². The Labute approximate surface area is 142 Å². The molecule has 4 heteroatoms. The molecule has 1 aliphatic rings. The first kappa shape index (κ1) is 16.2. The van der Waals surface area contributed by atoms with E-state index in [-0.39, 0.29) is 5.91 Å². The lowest BCUT2D eigenvalue weighted by atomic mass is 9.95. The molecule has 1 N–H and O–H groups in total. The topological polar surface area (TPSA) is 32.3 Å². The molecule has 3 nitrogen and oxygen atoms in total. The average molecular weight is 328 g/mol. The predicted octanol–water partition coefficient (Wildman–Crippen LogP) is 3.67. The molecule has 1 aromatic heterocycles. The number of nitrogens with zero attached hydrogens (tertiary/aromatic N) is 1. The lowest BCUT2D eigenvalue weighted by Gasteiger charge is -2.31. The molecule has 1 amide bonds. The summed E-state index contributed by atoms with van der Waals surface area (Å²) in [5, 5.41) is 5.20. The summed E-state index contributed by atoms with van der Waals surface area (Å²) in [6, 6.07) is 12.1. The van der Waals surface area contributed by atoms with Gasteiger partial charge in [-0.15, -0.1) is 11.3 Å². The van der Waals surface area contributed by atoms with Crippen molar-refractivity contribution >= 4 is 17.2 Å². The average Bonchev–Trinajstić information content (AvgIpc) is 3.10. The van der Waals surface area contributed by atoms with Gasteiger partial charge >= 0.3 is 0 Å². The first-order chi connectivity index (χ1) is 11.2. The van der Waals surface area contributed by atoms with Gasteiger partial charge in [-0.25, -0.2) is 0 Å². The summed E-state index contributed by atoms with van der Waals surface area (Å²) in [5.41, 5.74) is 1.87. The number of piperidine rings is 1. The molecule has 0 saturated carbocycles. The van der Waals surface area contributed by atoms with E-state index in [1.807, 2.05) is 42.5 Å². The highest BCUT2D eigenvalue weighted by atomic mass is 32.1. The van der Waals surface area contributed by atoms with Crippen LogP contribution >= 0.6 is 11.3 Å². The fraction of sp³-hybridized carbons (Fsp3) is 0.421. The summed E-state index contributed by atoms with van der Waals surface area (Å²) in [6.45, 7) is 5.92. The molecule has 0 spiro atoms. The Hall–Kier alpha value is -1.65. The normalized spacial score (nSPS) is 16.4. The van der Waals surface area contributed by atoms with Crippen molar-refractivity contribution in [2.75, 3.05) is 26.2 Å². The van der Waals surface area contributed by atoms with Gasteiger partial charge in [-0.1, -0.05) is 23.8 Å². The minimum absolute atomic E-state index is 0.0298. The largest absolute Gasteiger partial charge is 0.351 e. The maximum atomic E-state index is 12.1. The number of carbonyl (C=O) groups is 1.